The van der Waals surface area contributed by atoms with Crippen molar-refractivity contribution in [2.45, 2.75) is 38.1 Å². The van der Waals surface area contributed by atoms with Crippen LogP contribution >= 0.6 is 12.4 Å². The molecule has 1 fully saturated rings. The van der Waals surface area contributed by atoms with E-state index in [1.54, 1.807) is 12.1 Å². The molecular weight excluding hydrogens is 291 g/mol. The number of amides is 1. The molecular formula is C16H24ClFN2O. The van der Waals surface area contributed by atoms with Crippen LogP contribution in [0.25, 0.3) is 0 Å². The quantitative estimate of drug-likeness (QED) is 0.846. The zero-order chi connectivity index (χ0) is 14.4. The highest BCUT2D eigenvalue weighted by atomic mass is 35.5. The maximum atomic E-state index is 13.1. The summed E-state index contributed by atoms with van der Waals surface area (Å²) in [6.07, 6.45) is 5.17. The van der Waals surface area contributed by atoms with E-state index in [0.29, 0.717) is 18.9 Å². The van der Waals surface area contributed by atoms with E-state index in [2.05, 4.69) is 10.6 Å². The van der Waals surface area contributed by atoms with E-state index in [1.807, 2.05) is 7.05 Å². The van der Waals surface area contributed by atoms with Crippen LogP contribution in [0.2, 0.25) is 0 Å². The van der Waals surface area contributed by atoms with Crippen LogP contribution in [0.5, 0.6) is 0 Å². The molecule has 118 valence electrons. The zero-order valence-electron chi connectivity index (χ0n) is 12.4. The van der Waals surface area contributed by atoms with Crippen LogP contribution in [0, 0.1) is 11.7 Å². The minimum atomic E-state index is -0.236. The lowest BCUT2D eigenvalue weighted by molar-refractivity contribution is -0.122. The van der Waals surface area contributed by atoms with Crippen molar-refractivity contribution in [3.8, 4) is 0 Å². The maximum Gasteiger partial charge on any atom is 0.221 e. The van der Waals surface area contributed by atoms with Gasteiger partial charge in [-0.05, 0) is 43.5 Å². The topological polar surface area (TPSA) is 41.1 Å². The van der Waals surface area contributed by atoms with Gasteiger partial charge in [-0.25, -0.2) is 4.39 Å². The van der Waals surface area contributed by atoms with Gasteiger partial charge in [-0.3, -0.25) is 4.79 Å². The SMILES string of the molecule is CNCCC(=O)NC(c1ccc(F)cc1)C1CCCC1.Cl. The molecule has 0 aromatic heterocycles. The molecule has 2 rings (SSSR count). The van der Waals surface area contributed by atoms with Crippen molar-refractivity contribution in [1.82, 2.24) is 10.6 Å². The summed E-state index contributed by atoms with van der Waals surface area (Å²) in [5.74, 6) is 0.292. The van der Waals surface area contributed by atoms with Gasteiger partial charge >= 0.3 is 0 Å². The Morgan fingerprint density at radius 1 is 1.29 bits per heavy atom. The molecule has 1 amide bonds. The fourth-order valence-corrected chi connectivity index (χ4v) is 2.92. The first kappa shape index (κ1) is 17.9. The average Bonchev–Trinajstić information content (AvgIpc) is 2.97. The normalized spacial score (nSPS) is 16.3. The molecule has 1 atom stereocenters. The smallest absolute Gasteiger partial charge is 0.221 e. The third kappa shape index (κ3) is 5.29. The number of nitrogens with one attached hydrogen (secondary N) is 2. The highest BCUT2D eigenvalue weighted by molar-refractivity contribution is 5.85. The number of rotatable bonds is 6. The van der Waals surface area contributed by atoms with Gasteiger partial charge in [-0.1, -0.05) is 25.0 Å². The Balaban J connectivity index is 0.00000220. The van der Waals surface area contributed by atoms with E-state index in [-0.39, 0.29) is 30.2 Å². The summed E-state index contributed by atoms with van der Waals surface area (Å²) in [5, 5.41) is 6.11. The van der Waals surface area contributed by atoms with Gasteiger partial charge in [0.2, 0.25) is 5.91 Å². The van der Waals surface area contributed by atoms with Crippen molar-refractivity contribution >= 4 is 18.3 Å². The number of hydrogen-bond donors (Lipinski definition) is 2. The van der Waals surface area contributed by atoms with Crippen LogP contribution in [-0.4, -0.2) is 19.5 Å². The minimum Gasteiger partial charge on any atom is -0.349 e. The molecule has 0 radical (unpaired) electrons. The lowest BCUT2D eigenvalue weighted by Gasteiger charge is -2.25. The van der Waals surface area contributed by atoms with Crippen molar-refractivity contribution in [1.29, 1.82) is 0 Å². The Labute approximate surface area is 132 Å². The van der Waals surface area contributed by atoms with E-state index in [9.17, 15) is 9.18 Å². The number of halogens is 2. The molecule has 2 N–H and O–H groups in total. The lowest BCUT2D eigenvalue weighted by Crippen LogP contribution is -2.34. The Bertz CT molecular complexity index is 432. The molecule has 0 spiro atoms. The van der Waals surface area contributed by atoms with E-state index >= 15 is 0 Å². The second-order valence-corrected chi connectivity index (χ2v) is 5.49. The molecule has 1 unspecified atom stereocenters. The molecule has 0 saturated heterocycles. The molecule has 0 bridgehead atoms. The van der Waals surface area contributed by atoms with E-state index < -0.39 is 0 Å². The summed E-state index contributed by atoms with van der Waals surface area (Å²) in [6, 6.07) is 6.53. The Morgan fingerprint density at radius 2 is 1.90 bits per heavy atom. The molecule has 1 aliphatic carbocycles. The highest BCUT2D eigenvalue weighted by Gasteiger charge is 2.27. The van der Waals surface area contributed by atoms with Gasteiger partial charge in [0.1, 0.15) is 5.82 Å². The van der Waals surface area contributed by atoms with Crippen molar-refractivity contribution in [3.05, 3.63) is 35.6 Å². The van der Waals surface area contributed by atoms with Crippen molar-refractivity contribution in [2.75, 3.05) is 13.6 Å². The van der Waals surface area contributed by atoms with Crippen LogP contribution in [0.15, 0.2) is 24.3 Å². The molecule has 1 aromatic rings. The third-order valence-corrected chi connectivity index (χ3v) is 4.02. The molecule has 1 aromatic carbocycles. The van der Waals surface area contributed by atoms with Crippen LogP contribution < -0.4 is 10.6 Å². The van der Waals surface area contributed by atoms with Gasteiger partial charge < -0.3 is 10.6 Å². The molecule has 3 nitrogen and oxygen atoms in total. The van der Waals surface area contributed by atoms with E-state index in [0.717, 1.165) is 18.4 Å². The van der Waals surface area contributed by atoms with Crippen molar-refractivity contribution < 1.29 is 9.18 Å². The summed E-state index contributed by atoms with van der Waals surface area (Å²) in [5.41, 5.74) is 1.01. The predicted octanol–water partition coefficient (Wildman–Crippen LogP) is 3.20. The lowest BCUT2D eigenvalue weighted by atomic mass is 9.91. The summed E-state index contributed by atoms with van der Waals surface area (Å²) in [4.78, 5) is 12.0. The second kappa shape index (κ2) is 9.00. The summed E-state index contributed by atoms with van der Waals surface area (Å²) >= 11 is 0. The van der Waals surface area contributed by atoms with Crippen LogP contribution in [0.1, 0.15) is 43.7 Å². The number of hydrogen-bond acceptors (Lipinski definition) is 2. The third-order valence-electron chi connectivity index (χ3n) is 4.02. The number of benzene rings is 1. The fourth-order valence-electron chi connectivity index (χ4n) is 2.92. The average molecular weight is 315 g/mol. The molecule has 0 aliphatic heterocycles. The molecule has 21 heavy (non-hydrogen) atoms. The van der Waals surface area contributed by atoms with Gasteiger partial charge in [0.25, 0.3) is 0 Å². The summed E-state index contributed by atoms with van der Waals surface area (Å²) in [7, 11) is 1.84. The molecule has 5 heteroatoms. The first-order chi connectivity index (χ1) is 9.70. The maximum absolute atomic E-state index is 13.1. The van der Waals surface area contributed by atoms with E-state index in [1.165, 1.54) is 25.0 Å². The Morgan fingerprint density at radius 3 is 2.48 bits per heavy atom. The first-order valence-electron chi connectivity index (χ1n) is 7.40. The van der Waals surface area contributed by atoms with Crippen LogP contribution in [0.4, 0.5) is 4.39 Å². The van der Waals surface area contributed by atoms with Gasteiger partial charge in [-0.2, -0.15) is 0 Å². The Hall–Kier alpha value is -1.13. The number of carbonyl (C=O) groups excluding carboxylic acids is 1. The molecule has 1 aliphatic rings. The minimum absolute atomic E-state index is 0. The van der Waals surface area contributed by atoms with Gasteiger partial charge in [-0.15, -0.1) is 12.4 Å². The van der Waals surface area contributed by atoms with Crippen molar-refractivity contribution in [3.63, 3.8) is 0 Å². The summed E-state index contributed by atoms with van der Waals surface area (Å²) < 4.78 is 13.1. The van der Waals surface area contributed by atoms with Gasteiger partial charge in [0.15, 0.2) is 0 Å². The first-order valence-corrected chi connectivity index (χ1v) is 7.40. The standard InChI is InChI=1S/C16H23FN2O.ClH/c1-18-11-10-15(20)19-16(12-4-2-3-5-12)13-6-8-14(17)9-7-13;/h6-9,12,16,18H,2-5,10-11H2,1H3,(H,19,20);1H. The van der Waals surface area contributed by atoms with Gasteiger partial charge in [0.05, 0.1) is 6.04 Å². The second-order valence-electron chi connectivity index (χ2n) is 5.49. The van der Waals surface area contributed by atoms with Crippen LogP contribution in [-0.2, 0) is 4.79 Å². The summed E-state index contributed by atoms with van der Waals surface area (Å²) in [6.45, 7) is 0.673. The fraction of sp³-hybridized carbons (Fsp3) is 0.562. The highest BCUT2D eigenvalue weighted by Crippen LogP contribution is 2.35. The van der Waals surface area contributed by atoms with Gasteiger partial charge in [0, 0.05) is 13.0 Å². The van der Waals surface area contributed by atoms with Crippen molar-refractivity contribution in [2.24, 2.45) is 5.92 Å². The van der Waals surface area contributed by atoms with Crippen LogP contribution in [0.3, 0.4) is 0 Å². The molecule has 0 heterocycles. The monoisotopic (exact) mass is 314 g/mol. The number of carbonyl (C=O) groups is 1. The largest absolute Gasteiger partial charge is 0.349 e. The Kier molecular flexibility index (Phi) is 7.68. The van der Waals surface area contributed by atoms with E-state index in [4.69, 9.17) is 0 Å². The predicted molar refractivity (Wildman–Crippen MR) is 85.0 cm³/mol. The molecule has 1 saturated carbocycles. The zero-order valence-corrected chi connectivity index (χ0v) is 13.2.